The first-order valence-electron chi connectivity index (χ1n) is 6.81. The first-order valence-corrected chi connectivity index (χ1v) is 6.81. The number of hydrogen-bond acceptors (Lipinski definition) is 4. The van der Waals surface area contributed by atoms with Crippen LogP contribution in [0.3, 0.4) is 0 Å². The van der Waals surface area contributed by atoms with Crippen molar-refractivity contribution >= 4 is 0 Å². The maximum Gasteiger partial charge on any atom is 0.0624 e. The number of aliphatic hydroxyl groups excluding tert-OH is 1. The zero-order valence-corrected chi connectivity index (χ0v) is 11.1. The van der Waals surface area contributed by atoms with Gasteiger partial charge in [-0.05, 0) is 46.4 Å². The number of ether oxygens (including phenoxy) is 1. The highest BCUT2D eigenvalue weighted by Crippen LogP contribution is 2.20. The van der Waals surface area contributed by atoms with Crippen LogP contribution in [0.2, 0.25) is 0 Å². The molecule has 2 unspecified atom stereocenters. The second kappa shape index (κ2) is 6.14. The quantitative estimate of drug-likeness (QED) is 0.777. The molecule has 0 aromatic carbocycles. The minimum atomic E-state index is -0.169. The van der Waals surface area contributed by atoms with Crippen LogP contribution in [0.1, 0.15) is 19.3 Å². The van der Waals surface area contributed by atoms with E-state index in [1.165, 1.54) is 25.9 Å². The fraction of sp³-hybridized carbons (Fsp3) is 1.00. The third-order valence-corrected chi connectivity index (χ3v) is 4.27. The lowest BCUT2D eigenvalue weighted by Crippen LogP contribution is -2.46. The molecule has 100 valence electrons. The van der Waals surface area contributed by atoms with Crippen molar-refractivity contribution in [1.82, 2.24) is 9.80 Å². The summed E-state index contributed by atoms with van der Waals surface area (Å²) in [4.78, 5) is 4.82. The molecule has 0 radical (unpaired) electrons. The van der Waals surface area contributed by atoms with Crippen LogP contribution < -0.4 is 0 Å². The van der Waals surface area contributed by atoms with Gasteiger partial charge in [0.25, 0.3) is 0 Å². The number of piperidine rings is 1. The summed E-state index contributed by atoms with van der Waals surface area (Å²) in [6, 6.07) is 0.681. The predicted octanol–water partition coefficient (Wildman–Crippen LogP) is 0.410. The number of rotatable bonds is 3. The standard InChI is InChI=1S/C13H26N2O2/c1-14-6-3-12(4-7-14)15(2)9-11-10-17-8-5-13(11)16/h11-13,16H,3-10H2,1-2H3. The summed E-state index contributed by atoms with van der Waals surface area (Å²) in [5.74, 6) is 0.299. The molecule has 0 spiro atoms. The van der Waals surface area contributed by atoms with E-state index in [0.29, 0.717) is 12.0 Å². The molecular weight excluding hydrogens is 216 g/mol. The van der Waals surface area contributed by atoms with Crippen LogP contribution in [-0.2, 0) is 4.74 Å². The maximum atomic E-state index is 9.94. The Hall–Kier alpha value is -0.160. The molecule has 0 aliphatic carbocycles. The SMILES string of the molecule is CN1CCC(N(C)CC2COCCC2O)CC1. The molecule has 2 atom stereocenters. The molecule has 17 heavy (non-hydrogen) atoms. The van der Waals surface area contributed by atoms with Crippen molar-refractivity contribution in [2.75, 3.05) is 46.9 Å². The Balaban J connectivity index is 1.77. The smallest absolute Gasteiger partial charge is 0.0624 e. The second-order valence-electron chi connectivity index (χ2n) is 5.67. The average molecular weight is 242 g/mol. The lowest BCUT2D eigenvalue weighted by atomic mass is 9.96. The molecule has 2 rings (SSSR count). The minimum absolute atomic E-state index is 0.169. The Labute approximate surface area is 105 Å². The minimum Gasteiger partial charge on any atom is -0.393 e. The van der Waals surface area contributed by atoms with Crippen LogP contribution in [0, 0.1) is 5.92 Å². The summed E-state index contributed by atoms with van der Waals surface area (Å²) in [6.45, 7) is 4.79. The van der Waals surface area contributed by atoms with E-state index in [1.54, 1.807) is 0 Å². The lowest BCUT2D eigenvalue weighted by Gasteiger charge is -2.38. The van der Waals surface area contributed by atoms with Crippen LogP contribution in [0.4, 0.5) is 0 Å². The summed E-state index contributed by atoms with van der Waals surface area (Å²) >= 11 is 0. The Bertz CT molecular complexity index is 229. The van der Waals surface area contributed by atoms with Gasteiger partial charge in [-0.3, -0.25) is 0 Å². The molecule has 4 heteroatoms. The molecule has 2 heterocycles. The highest BCUT2D eigenvalue weighted by Gasteiger charge is 2.28. The van der Waals surface area contributed by atoms with Crippen LogP contribution in [-0.4, -0.2) is 74.0 Å². The first-order chi connectivity index (χ1) is 8.16. The monoisotopic (exact) mass is 242 g/mol. The van der Waals surface area contributed by atoms with E-state index < -0.39 is 0 Å². The average Bonchev–Trinajstić information content (AvgIpc) is 2.33. The van der Waals surface area contributed by atoms with Gasteiger partial charge in [0.2, 0.25) is 0 Å². The molecule has 4 nitrogen and oxygen atoms in total. The molecule has 0 saturated carbocycles. The molecule has 0 bridgehead atoms. The van der Waals surface area contributed by atoms with Gasteiger partial charge < -0.3 is 19.6 Å². The highest BCUT2D eigenvalue weighted by atomic mass is 16.5. The largest absolute Gasteiger partial charge is 0.393 e. The summed E-state index contributed by atoms with van der Waals surface area (Å²) in [7, 11) is 4.38. The van der Waals surface area contributed by atoms with Crippen molar-refractivity contribution in [1.29, 1.82) is 0 Å². The van der Waals surface area contributed by atoms with Gasteiger partial charge in [0, 0.05) is 25.1 Å². The molecule has 2 aliphatic heterocycles. The maximum absolute atomic E-state index is 9.94. The highest BCUT2D eigenvalue weighted by molar-refractivity contribution is 4.81. The summed E-state index contributed by atoms with van der Waals surface area (Å²) in [5.41, 5.74) is 0. The van der Waals surface area contributed by atoms with Gasteiger partial charge in [-0.2, -0.15) is 0 Å². The third-order valence-electron chi connectivity index (χ3n) is 4.27. The van der Waals surface area contributed by atoms with E-state index in [0.717, 1.165) is 26.2 Å². The Morgan fingerprint density at radius 3 is 2.65 bits per heavy atom. The lowest BCUT2D eigenvalue weighted by molar-refractivity contribution is -0.0497. The van der Waals surface area contributed by atoms with Crippen molar-refractivity contribution in [3.63, 3.8) is 0 Å². The normalized spacial score (nSPS) is 33.2. The van der Waals surface area contributed by atoms with E-state index in [2.05, 4.69) is 23.9 Å². The van der Waals surface area contributed by atoms with Gasteiger partial charge in [0.15, 0.2) is 0 Å². The van der Waals surface area contributed by atoms with Crippen molar-refractivity contribution in [3.05, 3.63) is 0 Å². The van der Waals surface area contributed by atoms with Gasteiger partial charge >= 0.3 is 0 Å². The number of likely N-dealkylation sites (tertiary alicyclic amines) is 1. The number of hydrogen-bond donors (Lipinski definition) is 1. The van der Waals surface area contributed by atoms with Crippen molar-refractivity contribution in [2.45, 2.75) is 31.4 Å². The van der Waals surface area contributed by atoms with Crippen molar-refractivity contribution in [3.8, 4) is 0 Å². The van der Waals surface area contributed by atoms with E-state index in [9.17, 15) is 5.11 Å². The number of nitrogens with zero attached hydrogens (tertiary/aromatic N) is 2. The van der Waals surface area contributed by atoms with E-state index in [-0.39, 0.29) is 6.10 Å². The topological polar surface area (TPSA) is 35.9 Å². The first kappa shape index (κ1) is 13.3. The Morgan fingerprint density at radius 1 is 1.29 bits per heavy atom. The van der Waals surface area contributed by atoms with Gasteiger partial charge in [0.1, 0.15) is 0 Å². The molecule has 2 fully saturated rings. The molecule has 0 amide bonds. The van der Waals surface area contributed by atoms with Crippen LogP contribution in [0.15, 0.2) is 0 Å². The fourth-order valence-corrected chi connectivity index (χ4v) is 2.91. The molecule has 0 aromatic rings. The third kappa shape index (κ3) is 3.65. The molecule has 2 saturated heterocycles. The van der Waals surface area contributed by atoms with E-state index >= 15 is 0 Å². The zero-order chi connectivity index (χ0) is 12.3. The molecule has 1 N–H and O–H groups in total. The summed E-state index contributed by atoms with van der Waals surface area (Å²) in [5, 5.41) is 9.94. The van der Waals surface area contributed by atoms with Gasteiger partial charge in [-0.25, -0.2) is 0 Å². The van der Waals surface area contributed by atoms with Crippen molar-refractivity contribution in [2.24, 2.45) is 5.92 Å². The van der Waals surface area contributed by atoms with Crippen LogP contribution in [0.25, 0.3) is 0 Å². The second-order valence-corrected chi connectivity index (χ2v) is 5.67. The van der Waals surface area contributed by atoms with Crippen LogP contribution >= 0.6 is 0 Å². The van der Waals surface area contributed by atoms with Gasteiger partial charge in [-0.1, -0.05) is 0 Å². The Kier molecular flexibility index (Phi) is 4.79. The summed E-state index contributed by atoms with van der Waals surface area (Å²) < 4.78 is 5.46. The predicted molar refractivity (Wildman–Crippen MR) is 68.1 cm³/mol. The van der Waals surface area contributed by atoms with Crippen molar-refractivity contribution < 1.29 is 9.84 Å². The Morgan fingerprint density at radius 2 is 2.00 bits per heavy atom. The van der Waals surface area contributed by atoms with E-state index in [1.807, 2.05) is 0 Å². The van der Waals surface area contributed by atoms with Gasteiger partial charge in [-0.15, -0.1) is 0 Å². The molecule has 0 aromatic heterocycles. The van der Waals surface area contributed by atoms with Crippen LogP contribution in [0.5, 0.6) is 0 Å². The zero-order valence-electron chi connectivity index (χ0n) is 11.1. The fourth-order valence-electron chi connectivity index (χ4n) is 2.91. The van der Waals surface area contributed by atoms with E-state index in [4.69, 9.17) is 4.74 Å². The number of aliphatic hydroxyl groups is 1. The molecular formula is C13H26N2O2. The van der Waals surface area contributed by atoms with Gasteiger partial charge in [0.05, 0.1) is 12.7 Å². The molecule has 2 aliphatic rings. The summed E-state index contributed by atoms with van der Waals surface area (Å²) in [6.07, 6.45) is 3.12.